The van der Waals surface area contributed by atoms with E-state index in [4.69, 9.17) is 9.47 Å². The van der Waals surface area contributed by atoms with E-state index in [-0.39, 0.29) is 48.1 Å². The first-order valence-electron chi connectivity index (χ1n) is 8.56. The van der Waals surface area contributed by atoms with Crippen molar-refractivity contribution >= 4 is 24.0 Å². The number of nitrogens with zero attached hydrogens (tertiary/aromatic N) is 1. The number of Topliss-reactive ketones (excluding diaryl/α,β-unsaturated/α-hetero) is 1. The van der Waals surface area contributed by atoms with Gasteiger partial charge in [-0.3, -0.25) is 9.59 Å². The third-order valence-electron chi connectivity index (χ3n) is 4.00. The summed E-state index contributed by atoms with van der Waals surface area (Å²) in [5, 5.41) is 0. The fourth-order valence-electron chi connectivity index (χ4n) is 2.84. The molecule has 7 heteroatoms. The Kier molecular flexibility index (Phi) is 6.65. The molecule has 0 radical (unpaired) electrons. The van der Waals surface area contributed by atoms with Crippen LogP contribution in [0.4, 0.5) is 0 Å². The smallest absolute Gasteiger partial charge is 0.355 e. The van der Waals surface area contributed by atoms with Crippen LogP contribution in [0.15, 0.2) is 30.3 Å². The van der Waals surface area contributed by atoms with Gasteiger partial charge in [0.1, 0.15) is 5.69 Å². The van der Waals surface area contributed by atoms with E-state index in [0.29, 0.717) is 11.8 Å². The number of hydrogen-bond donors (Lipinski definition) is 0. The van der Waals surface area contributed by atoms with Gasteiger partial charge in [0.25, 0.3) is 0 Å². The number of carbonyl (C=O) groups is 4. The Bertz CT molecular complexity index is 866. The zero-order chi connectivity index (χ0) is 20.0. The largest absolute Gasteiger partial charge is 0.462 e. The highest BCUT2D eigenvalue weighted by atomic mass is 16.5. The van der Waals surface area contributed by atoms with Crippen LogP contribution >= 0.6 is 0 Å². The van der Waals surface area contributed by atoms with Crippen LogP contribution in [0.25, 0.3) is 0 Å². The van der Waals surface area contributed by atoms with E-state index in [2.05, 4.69) is 0 Å². The monoisotopic (exact) mass is 371 g/mol. The molecule has 2 rings (SSSR count). The van der Waals surface area contributed by atoms with Crippen molar-refractivity contribution in [3.05, 3.63) is 58.4 Å². The van der Waals surface area contributed by atoms with Gasteiger partial charge in [-0.25, -0.2) is 9.59 Å². The summed E-state index contributed by atoms with van der Waals surface area (Å²) in [6.45, 7) is 4.74. The number of aromatic nitrogens is 1. The average molecular weight is 371 g/mol. The lowest BCUT2D eigenvalue weighted by atomic mass is 10.1. The summed E-state index contributed by atoms with van der Waals surface area (Å²) in [5.41, 5.74) is 0.545. The van der Waals surface area contributed by atoms with Gasteiger partial charge in [-0.1, -0.05) is 30.3 Å². The zero-order valence-corrected chi connectivity index (χ0v) is 15.5. The Hall–Kier alpha value is -3.22. The topological polar surface area (TPSA) is 91.7 Å². The first kappa shape index (κ1) is 20.1. The quantitative estimate of drug-likeness (QED) is 0.402. The Morgan fingerprint density at radius 1 is 1.00 bits per heavy atom. The highest BCUT2D eigenvalue weighted by Gasteiger charge is 2.30. The van der Waals surface area contributed by atoms with Crippen LogP contribution in [-0.4, -0.2) is 41.8 Å². The molecule has 0 aliphatic carbocycles. The fraction of sp³-hybridized carbons (Fsp3) is 0.300. The molecule has 2 aromatic rings. The van der Waals surface area contributed by atoms with Crippen molar-refractivity contribution in [3.63, 3.8) is 0 Å². The predicted molar refractivity (Wildman–Crippen MR) is 97.2 cm³/mol. The minimum absolute atomic E-state index is 0.00807. The SMILES string of the molecule is CCOC(=O)c1c(C)c(C(=O)OCC)n(CC(=O)c2ccccc2)c1C=O. The number of benzene rings is 1. The molecule has 0 fully saturated rings. The summed E-state index contributed by atoms with van der Waals surface area (Å²) >= 11 is 0. The number of ether oxygens (including phenoxy) is 2. The average Bonchev–Trinajstić information content (AvgIpc) is 2.94. The number of hydrogen-bond acceptors (Lipinski definition) is 6. The number of esters is 2. The molecule has 0 saturated heterocycles. The van der Waals surface area contributed by atoms with Crippen molar-refractivity contribution in [1.82, 2.24) is 4.57 Å². The van der Waals surface area contributed by atoms with E-state index >= 15 is 0 Å². The summed E-state index contributed by atoms with van der Waals surface area (Å²) in [7, 11) is 0. The molecule has 142 valence electrons. The number of aldehydes is 1. The van der Waals surface area contributed by atoms with Crippen LogP contribution in [0.1, 0.15) is 61.1 Å². The van der Waals surface area contributed by atoms with E-state index < -0.39 is 11.9 Å². The van der Waals surface area contributed by atoms with Crippen LogP contribution in [-0.2, 0) is 16.0 Å². The molecule has 0 amide bonds. The molecule has 1 heterocycles. The number of ketones is 1. The lowest BCUT2D eigenvalue weighted by molar-refractivity contribution is 0.0511. The van der Waals surface area contributed by atoms with Gasteiger partial charge in [0.2, 0.25) is 0 Å². The standard InChI is InChI=1S/C20H21NO6/c1-4-26-19(24)17-13(3)18(20(25)27-5-2)21(15(17)12-22)11-16(23)14-9-7-6-8-10-14/h6-10,12H,4-5,11H2,1-3H3. The Labute approximate surface area is 156 Å². The van der Waals surface area contributed by atoms with Gasteiger partial charge < -0.3 is 14.0 Å². The second-order valence-corrected chi connectivity index (χ2v) is 5.67. The minimum Gasteiger partial charge on any atom is -0.462 e. The maximum Gasteiger partial charge on any atom is 0.355 e. The summed E-state index contributed by atoms with van der Waals surface area (Å²) < 4.78 is 11.3. The maximum atomic E-state index is 12.6. The van der Waals surface area contributed by atoms with Crippen molar-refractivity contribution < 1.29 is 28.7 Å². The third kappa shape index (κ3) is 4.13. The molecule has 0 aliphatic rings. The Morgan fingerprint density at radius 3 is 2.15 bits per heavy atom. The molecule has 0 bridgehead atoms. The van der Waals surface area contributed by atoms with Crippen LogP contribution in [0, 0.1) is 6.92 Å². The lowest BCUT2D eigenvalue weighted by Gasteiger charge is -2.10. The first-order valence-corrected chi connectivity index (χ1v) is 8.56. The summed E-state index contributed by atoms with van der Waals surface area (Å²) in [6.07, 6.45) is 0.445. The normalized spacial score (nSPS) is 10.3. The van der Waals surface area contributed by atoms with Crippen LogP contribution in [0.2, 0.25) is 0 Å². The molecule has 0 atom stereocenters. The zero-order valence-electron chi connectivity index (χ0n) is 15.5. The van der Waals surface area contributed by atoms with Gasteiger partial charge >= 0.3 is 11.9 Å². The molecule has 1 aromatic heterocycles. The summed E-state index contributed by atoms with van der Waals surface area (Å²) in [4.78, 5) is 49.1. The predicted octanol–water partition coefficient (Wildman–Crippen LogP) is 2.85. The summed E-state index contributed by atoms with van der Waals surface area (Å²) in [5.74, 6) is -1.75. The minimum atomic E-state index is -0.728. The maximum absolute atomic E-state index is 12.6. The second-order valence-electron chi connectivity index (χ2n) is 5.67. The molecule has 0 saturated carbocycles. The molecular weight excluding hydrogens is 350 g/mol. The lowest BCUT2D eigenvalue weighted by Crippen LogP contribution is -2.19. The molecule has 0 spiro atoms. The van der Waals surface area contributed by atoms with Gasteiger partial charge in [-0.15, -0.1) is 0 Å². The van der Waals surface area contributed by atoms with Crippen LogP contribution < -0.4 is 0 Å². The van der Waals surface area contributed by atoms with E-state index in [0.717, 1.165) is 0 Å². The van der Waals surface area contributed by atoms with Gasteiger partial charge in [-0.2, -0.15) is 0 Å². The van der Waals surface area contributed by atoms with Crippen molar-refractivity contribution in [2.24, 2.45) is 0 Å². The molecule has 1 aromatic carbocycles. The molecule has 0 unspecified atom stereocenters. The van der Waals surface area contributed by atoms with Gasteiger partial charge in [0.05, 0.1) is 31.0 Å². The van der Waals surface area contributed by atoms with Crippen molar-refractivity contribution in [3.8, 4) is 0 Å². The molecular formula is C20H21NO6. The van der Waals surface area contributed by atoms with Crippen molar-refractivity contribution in [2.45, 2.75) is 27.3 Å². The Morgan fingerprint density at radius 2 is 1.59 bits per heavy atom. The molecule has 0 aliphatic heterocycles. The highest BCUT2D eigenvalue weighted by molar-refractivity contribution is 6.05. The van der Waals surface area contributed by atoms with E-state index in [1.54, 1.807) is 44.2 Å². The van der Waals surface area contributed by atoms with E-state index in [1.807, 2.05) is 0 Å². The van der Waals surface area contributed by atoms with E-state index in [9.17, 15) is 19.2 Å². The summed E-state index contributed by atoms with van der Waals surface area (Å²) in [6, 6.07) is 8.47. The van der Waals surface area contributed by atoms with Crippen LogP contribution in [0.3, 0.4) is 0 Å². The molecule has 27 heavy (non-hydrogen) atoms. The number of carbonyl (C=O) groups excluding carboxylic acids is 4. The fourth-order valence-corrected chi connectivity index (χ4v) is 2.84. The second kappa shape index (κ2) is 8.93. The highest BCUT2D eigenvalue weighted by Crippen LogP contribution is 2.24. The van der Waals surface area contributed by atoms with Gasteiger partial charge in [0, 0.05) is 5.56 Å². The molecule has 0 N–H and O–H groups in total. The first-order chi connectivity index (χ1) is 13.0. The molecule has 7 nitrogen and oxygen atoms in total. The van der Waals surface area contributed by atoms with Gasteiger partial charge in [-0.05, 0) is 26.3 Å². The van der Waals surface area contributed by atoms with Crippen LogP contribution in [0.5, 0.6) is 0 Å². The number of rotatable bonds is 8. The third-order valence-corrected chi connectivity index (χ3v) is 4.00. The van der Waals surface area contributed by atoms with Crippen molar-refractivity contribution in [2.75, 3.05) is 13.2 Å². The van der Waals surface area contributed by atoms with Gasteiger partial charge in [0.15, 0.2) is 12.1 Å². The van der Waals surface area contributed by atoms with E-state index in [1.165, 1.54) is 11.5 Å². The Balaban J connectivity index is 2.60. The van der Waals surface area contributed by atoms with Crippen molar-refractivity contribution in [1.29, 1.82) is 0 Å².